The minimum atomic E-state index is -0.945. The van der Waals surface area contributed by atoms with Crippen molar-refractivity contribution in [3.63, 3.8) is 0 Å². The van der Waals surface area contributed by atoms with E-state index in [1.807, 2.05) is 0 Å². The Hall–Kier alpha value is -1.78. The van der Waals surface area contributed by atoms with Crippen LogP contribution in [0.2, 0.25) is 0 Å². The maximum absolute atomic E-state index is 11.5. The van der Waals surface area contributed by atoms with Gasteiger partial charge in [0.1, 0.15) is 0 Å². The van der Waals surface area contributed by atoms with Crippen LogP contribution >= 0.6 is 0 Å². The summed E-state index contributed by atoms with van der Waals surface area (Å²) in [7, 11) is 0. The third-order valence-electron chi connectivity index (χ3n) is 1.93. The van der Waals surface area contributed by atoms with Gasteiger partial charge in [0.2, 0.25) is 0 Å². The molecule has 0 radical (unpaired) electrons. The van der Waals surface area contributed by atoms with E-state index in [2.05, 4.69) is 5.32 Å². The minimum absolute atomic E-state index is 0.106. The van der Waals surface area contributed by atoms with Gasteiger partial charge < -0.3 is 14.8 Å². The van der Waals surface area contributed by atoms with Crippen molar-refractivity contribution >= 4 is 11.9 Å². The van der Waals surface area contributed by atoms with Crippen LogP contribution in [-0.4, -0.2) is 23.0 Å². The molecule has 0 bridgehead atoms. The van der Waals surface area contributed by atoms with Gasteiger partial charge in [-0.15, -0.1) is 0 Å². The quantitative estimate of drug-likeness (QED) is 0.783. The number of aryl methyl sites for hydroxylation is 1. The Bertz CT molecular complexity index is 369. The number of amides is 1. The average molecular weight is 211 g/mol. The smallest absolute Gasteiger partial charge is 0.305 e. The molecule has 0 spiro atoms. The number of carboxylic acid groups (broad SMARTS) is 1. The fourth-order valence-corrected chi connectivity index (χ4v) is 1.21. The topological polar surface area (TPSA) is 79.5 Å². The lowest BCUT2D eigenvalue weighted by atomic mass is 10.2. The molecular formula is C10H13NO4. The van der Waals surface area contributed by atoms with Crippen molar-refractivity contribution in [2.75, 3.05) is 0 Å². The molecule has 0 saturated heterocycles. The molecule has 0 aromatic carbocycles. The van der Waals surface area contributed by atoms with E-state index < -0.39 is 12.0 Å². The van der Waals surface area contributed by atoms with Crippen LogP contribution < -0.4 is 5.32 Å². The Morgan fingerprint density at radius 3 is 2.73 bits per heavy atom. The lowest BCUT2D eigenvalue weighted by molar-refractivity contribution is -0.137. The van der Waals surface area contributed by atoms with Gasteiger partial charge in [-0.3, -0.25) is 9.59 Å². The van der Waals surface area contributed by atoms with Crippen LogP contribution in [0, 0.1) is 6.92 Å². The Labute approximate surface area is 87.1 Å². The first-order valence-electron chi connectivity index (χ1n) is 4.57. The number of carbonyl (C=O) groups excluding carboxylic acids is 1. The van der Waals surface area contributed by atoms with E-state index >= 15 is 0 Å². The van der Waals surface area contributed by atoms with Crippen molar-refractivity contribution in [3.05, 3.63) is 23.7 Å². The zero-order valence-corrected chi connectivity index (χ0v) is 8.61. The Balaban J connectivity index is 2.56. The van der Waals surface area contributed by atoms with E-state index in [1.54, 1.807) is 19.9 Å². The number of hydrogen-bond acceptors (Lipinski definition) is 3. The first kappa shape index (κ1) is 11.3. The number of nitrogens with one attached hydrogen (secondary N) is 1. The number of rotatable bonds is 4. The monoisotopic (exact) mass is 211 g/mol. The highest BCUT2D eigenvalue weighted by molar-refractivity contribution is 5.93. The molecule has 1 amide bonds. The fourth-order valence-electron chi connectivity index (χ4n) is 1.21. The molecule has 5 nitrogen and oxygen atoms in total. The molecule has 15 heavy (non-hydrogen) atoms. The van der Waals surface area contributed by atoms with Crippen molar-refractivity contribution in [2.24, 2.45) is 0 Å². The largest absolute Gasteiger partial charge is 0.481 e. The summed E-state index contributed by atoms with van der Waals surface area (Å²) >= 11 is 0. The SMILES string of the molecule is Cc1ccoc1C(=O)NC(C)CC(=O)O. The summed E-state index contributed by atoms with van der Waals surface area (Å²) in [6.07, 6.45) is 1.32. The lowest BCUT2D eigenvalue weighted by Crippen LogP contribution is -2.34. The molecular weight excluding hydrogens is 198 g/mol. The second-order valence-corrected chi connectivity index (χ2v) is 3.41. The third kappa shape index (κ3) is 3.12. The predicted octanol–water partition coefficient (Wildman–Crippen LogP) is 1.18. The summed E-state index contributed by atoms with van der Waals surface area (Å²) in [5.74, 6) is -1.10. The third-order valence-corrected chi connectivity index (χ3v) is 1.93. The van der Waals surface area contributed by atoms with Crippen molar-refractivity contribution < 1.29 is 19.1 Å². The number of carboxylic acids is 1. The van der Waals surface area contributed by atoms with E-state index in [1.165, 1.54) is 6.26 Å². The second kappa shape index (κ2) is 4.63. The highest BCUT2D eigenvalue weighted by Gasteiger charge is 2.16. The summed E-state index contributed by atoms with van der Waals surface area (Å²) in [4.78, 5) is 21.9. The molecule has 0 fully saturated rings. The van der Waals surface area contributed by atoms with Crippen LogP contribution in [0.5, 0.6) is 0 Å². The van der Waals surface area contributed by atoms with Crippen molar-refractivity contribution in [3.8, 4) is 0 Å². The molecule has 0 aliphatic carbocycles. The maximum Gasteiger partial charge on any atom is 0.305 e. The maximum atomic E-state index is 11.5. The summed E-state index contributed by atoms with van der Waals surface area (Å²) < 4.78 is 4.97. The van der Waals surface area contributed by atoms with Gasteiger partial charge in [0.05, 0.1) is 12.7 Å². The van der Waals surface area contributed by atoms with Gasteiger partial charge in [-0.25, -0.2) is 0 Å². The van der Waals surface area contributed by atoms with Crippen LogP contribution in [0.4, 0.5) is 0 Å². The first-order valence-corrected chi connectivity index (χ1v) is 4.57. The molecule has 1 atom stereocenters. The van der Waals surface area contributed by atoms with Gasteiger partial charge in [0, 0.05) is 11.6 Å². The van der Waals surface area contributed by atoms with E-state index in [4.69, 9.17) is 9.52 Å². The van der Waals surface area contributed by atoms with Crippen LogP contribution in [0.1, 0.15) is 29.5 Å². The van der Waals surface area contributed by atoms with Crippen LogP contribution in [0.3, 0.4) is 0 Å². The zero-order valence-electron chi connectivity index (χ0n) is 8.61. The van der Waals surface area contributed by atoms with Gasteiger partial charge >= 0.3 is 5.97 Å². The molecule has 82 valence electrons. The lowest BCUT2D eigenvalue weighted by Gasteiger charge is -2.10. The van der Waals surface area contributed by atoms with Crippen molar-refractivity contribution in [1.82, 2.24) is 5.32 Å². The zero-order chi connectivity index (χ0) is 11.4. The van der Waals surface area contributed by atoms with E-state index in [9.17, 15) is 9.59 Å². The molecule has 1 aromatic rings. The van der Waals surface area contributed by atoms with Gasteiger partial charge in [0.25, 0.3) is 5.91 Å². The molecule has 1 unspecified atom stereocenters. The van der Waals surface area contributed by atoms with Crippen molar-refractivity contribution in [1.29, 1.82) is 0 Å². The molecule has 0 saturated carbocycles. The molecule has 5 heteroatoms. The summed E-state index contributed by atoms with van der Waals surface area (Å²) in [5, 5.41) is 11.0. The summed E-state index contributed by atoms with van der Waals surface area (Å²) in [5.41, 5.74) is 0.732. The molecule has 1 rings (SSSR count). The Morgan fingerprint density at radius 2 is 2.27 bits per heavy atom. The second-order valence-electron chi connectivity index (χ2n) is 3.41. The van der Waals surface area contributed by atoms with Crippen molar-refractivity contribution in [2.45, 2.75) is 26.3 Å². The van der Waals surface area contributed by atoms with Crippen LogP contribution in [-0.2, 0) is 4.79 Å². The normalized spacial score (nSPS) is 12.1. The van der Waals surface area contributed by atoms with Gasteiger partial charge in [-0.1, -0.05) is 0 Å². The average Bonchev–Trinajstić information content (AvgIpc) is 2.49. The number of furan rings is 1. The molecule has 0 aliphatic heterocycles. The number of aliphatic carboxylic acids is 1. The summed E-state index contributed by atoms with van der Waals surface area (Å²) in [6, 6.07) is 1.26. The molecule has 2 N–H and O–H groups in total. The molecule has 1 heterocycles. The highest BCUT2D eigenvalue weighted by Crippen LogP contribution is 2.08. The van der Waals surface area contributed by atoms with Gasteiger partial charge in [0.15, 0.2) is 5.76 Å². The predicted molar refractivity (Wildman–Crippen MR) is 52.6 cm³/mol. The van der Waals surface area contributed by atoms with Gasteiger partial charge in [-0.05, 0) is 19.9 Å². The van der Waals surface area contributed by atoms with E-state index in [-0.39, 0.29) is 18.1 Å². The minimum Gasteiger partial charge on any atom is -0.481 e. The van der Waals surface area contributed by atoms with Gasteiger partial charge in [-0.2, -0.15) is 0 Å². The molecule has 0 aliphatic rings. The van der Waals surface area contributed by atoms with E-state index in [0.29, 0.717) is 0 Å². The van der Waals surface area contributed by atoms with Crippen LogP contribution in [0.25, 0.3) is 0 Å². The molecule has 1 aromatic heterocycles. The Morgan fingerprint density at radius 1 is 1.60 bits per heavy atom. The Kier molecular flexibility index (Phi) is 3.49. The number of carbonyl (C=O) groups is 2. The number of hydrogen-bond donors (Lipinski definition) is 2. The first-order chi connectivity index (χ1) is 7.00. The van der Waals surface area contributed by atoms with Crippen LogP contribution in [0.15, 0.2) is 16.7 Å². The fraction of sp³-hybridized carbons (Fsp3) is 0.400. The summed E-state index contributed by atoms with van der Waals surface area (Å²) in [6.45, 7) is 3.38. The van der Waals surface area contributed by atoms with E-state index in [0.717, 1.165) is 5.56 Å². The standard InChI is InChI=1S/C10H13NO4/c1-6-3-4-15-9(6)10(14)11-7(2)5-8(12)13/h3-4,7H,5H2,1-2H3,(H,11,14)(H,12,13). The highest BCUT2D eigenvalue weighted by atomic mass is 16.4.